The molecule has 0 unspecified atom stereocenters. The molecule has 0 aliphatic rings. The Morgan fingerprint density at radius 3 is 2.14 bits per heavy atom. The molecule has 29 heavy (non-hydrogen) atoms. The minimum absolute atomic E-state index is 0.103. The Kier molecular flexibility index (Phi) is 7.24. The van der Waals surface area contributed by atoms with Crippen molar-refractivity contribution in [3.05, 3.63) is 47.5 Å². The number of benzene rings is 2. The lowest BCUT2D eigenvalue weighted by Gasteiger charge is -2.12. The molecule has 0 aliphatic carbocycles. The summed E-state index contributed by atoms with van der Waals surface area (Å²) < 4.78 is 42.3. The average molecular weight is 420 g/mol. The number of hydrogen-bond donors (Lipinski definition) is 2. The minimum atomic E-state index is -3.62. The van der Waals surface area contributed by atoms with Gasteiger partial charge in [0.15, 0.2) is 11.5 Å². The molecule has 0 saturated carbocycles. The maximum atomic E-state index is 12.3. The molecule has 0 aliphatic heterocycles. The molecule has 9 heteroatoms. The molecule has 0 spiro atoms. The van der Waals surface area contributed by atoms with E-state index >= 15 is 0 Å². The molecule has 0 fully saturated rings. The Labute approximate surface area is 170 Å². The van der Waals surface area contributed by atoms with E-state index in [0.29, 0.717) is 34.1 Å². The summed E-state index contributed by atoms with van der Waals surface area (Å²) >= 11 is 0. The second kappa shape index (κ2) is 9.44. The summed E-state index contributed by atoms with van der Waals surface area (Å²) in [6.07, 6.45) is 2.91. The number of nitrogens with one attached hydrogen (secondary N) is 2. The van der Waals surface area contributed by atoms with Crippen molar-refractivity contribution >= 4 is 27.7 Å². The lowest BCUT2D eigenvalue weighted by molar-refractivity contribution is -0.111. The highest BCUT2D eigenvalue weighted by Gasteiger charge is 2.16. The monoisotopic (exact) mass is 420 g/mol. The van der Waals surface area contributed by atoms with Crippen LogP contribution in [0.25, 0.3) is 6.08 Å². The molecule has 0 heterocycles. The number of methoxy groups -OCH3 is 3. The SMILES string of the molecule is CNS(=O)(=O)c1cc(NC(=O)/C=C/c2cc(OC)c(OC)c(OC)c2)ccc1C. The van der Waals surface area contributed by atoms with Gasteiger partial charge in [-0.15, -0.1) is 0 Å². The molecule has 0 saturated heterocycles. The maximum Gasteiger partial charge on any atom is 0.248 e. The third kappa shape index (κ3) is 5.27. The van der Waals surface area contributed by atoms with Crippen molar-refractivity contribution in [1.29, 1.82) is 0 Å². The van der Waals surface area contributed by atoms with Crippen LogP contribution >= 0.6 is 0 Å². The van der Waals surface area contributed by atoms with Crippen molar-refractivity contribution in [2.75, 3.05) is 33.7 Å². The Balaban J connectivity index is 2.24. The summed E-state index contributed by atoms with van der Waals surface area (Å²) in [7, 11) is 2.23. The first kappa shape index (κ1) is 22.3. The zero-order chi connectivity index (χ0) is 21.6. The number of aryl methyl sites for hydroxylation is 1. The number of anilines is 1. The zero-order valence-corrected chi connectivity index (χ0v) is 17.7. The van der Waals surface area contributed by atoms with Crippen LogP contribution < -0.4 is 24.2 Å². The van der Waals surface area contributed by atoms with Gasteiger partial charge in [-0.3, -0.25) is 4.79 Å². The highest BCUT2D eigenvalue weighted by Crippen LogP contribution is 2.38. The first-order valence-corrected chi connectivity index (χ1v) is 10.1. The van der Waals surface area contributed by atoms with Crippen molar-refractivity contribution in [2.24, 2.45) is 0 Å². The van der Waals surface area contributed by atoms with E-state index in [1.165, 1.54) is 40.5 Å². The largest absolute Gasteiger partial charge is 0.493 e. The quantitative estimate of drug-likeness (QED) is 0.637. The van der Waals surface area contributed by atoms with Crippen molar-refractivity contribution < 1.29 is 27.4 Å². The second-order valence-corrected chi connectivity index (χ2v) is 7.82. The van der Waals surface area contributed by atoms with Gasteiger partial charge in [-0.25, -0.2) is 13.1 Å². The molecule has 2 rings (SSSR count). The third-order valence-corrected chi connectivity index (χ3v) is 5.68. The predicted octanol–water partition coefficient (Wildman–Crippen LogP) is 2.58. The maximum absolute atomic E-state index is 12.3. The normalized spacial score (nSPS) is 11.3. The van der Waals surface area contributed by atoms with Crippen LogP contribution in [-0.2, 0) is 14.8 Å². The fourth-order valence-electron chi connectivity index (χ4n) is 2.63. The van der Waals surface area contributed by atoms with E-state index in [2.05, 4.69) is 10.0 Å². The minimum Gasteiger partial charge on any atom is -0.493 e. The number of carbonyl (C=O) groups is 1. The Hall–Kier alpha value is -3.04. The molecule has 2 aromatic carbocycles. The number of carbonyl (C=O) groups excluding carboxylic acids is 1. The van der Waals surface area contributed by atoms with Gasteiger partial charge in [0.2, 0.25) is 21.7 Å². The molecule has 2 aromatic rings. The average Bonchev–Trinajstić information content (AvgIpc) is 2.72. The molecule has 0 atom stereocenters. The Morgan fingerprint density at radius 2 is 1.62 bits per heavy atom. The zero-order valence-electron chi connectivity index (χ0n) is 16.9. The van der Waals surface area contributed by atoms with Crippen LogP contribution in [0.3, 0.4) is 0 Å². The fraction of sp³-hybridized carbons (Fsp3) is 0.250. The molecule has 1 amide bonds. The van der Waals surface area contributed by atoms with Gasteiger partial charge in [0.25, 0.3) is 0 Å². The summed E-state index contributed by atoms with van der Waals surface area (Å²) in [6.45, 7) is 1.68. The van der Waals surface area contributed by atoms with Gasteiger partial charge in [-0.05, 0) is 55.4 Å². The lowest BCUT2D eigenvalue weighted by atomic mass is 10.1. The van der Waals surface area contributed by atoms with Crippen LogP contribution in [0, 0.1) is 6.92 Å². The number of sulfonamides is 1. The van der Waals surface area contributed by atoms with E-state index in [1.54, 1.807) is 37.3 Å². The fourth-order valence-corrected chi connectivity index (χ4v) is 3.62. The van der Waals surface area contributed by atoms with Crippen LogP contribution in [0.15, 0.2) is 41.3 Å². The van der Waals surface area contributed by atoms with Gasteiger partial charge in [-0.1, -0.05) is 6.07 Å². The van der Waals surface area contributed by atoms with Gasteiger partial charge in [-0.2, -0.15) is 0 Å². The summed E-state index contributed by atoms with van der Waals surface area (Å²) in [5.74, 6) is 0.963. The van der Waals surface area contributed by atoms with Crippen LogP contribution in [-0.4, -0.2) is 42.7 Å². The molecular formula is C20H24N2O6S. The summed E-state index contributed by atoms with van der Waals surface area (Å²) in [5, 5.41) is 2.65. The first-order valence-electron chi connectivity index (χ1n) is 8.59. The van der Waals surface area contributed by atoms with E-state index in [1.807, 2.05) is 0 Å². The van der Waals surface area contributed by atoms with E-state index in [0.717, 1.165) is 0 Å². The van der Waals surface area contributed by atoms with Crippen LogP contribution in [0.1, 0.15) is 11.1 Å². The molecular weight excluding hydrogens is 396 g/mol. The van der Waals surface area contributed by atoms with Gasteiger partial charge in [0.1, 0.15) is 0 Å². The Bertz CT molecular complexity index is 1010. The number of rotatable bonds is 8. The van der Waals surface area contributed by atoms with Gasteiger partial charge in [0, 0.05) is 11.8 Å². The standard InChI is InChI=1S/C20H24N2O6S/c1-13-6-8-15(12-18(13)29(24,25)21-2)22-19(23)9-7-14-10-16(26-3)20(28-5)17(11-14)27-4/h6-12,21H,1-5H3,(H,22,23)/b9-7+. The molecule has 8 nitrogen and oxygen atoms in total. The summed E-state index contributed by atoms with van der Waals surface area (Å²) in [6, 6.07) is 8.08. The van der Waals surface area contributed by atoms with Crippen molar-refractivity contribution in [1.82, 2.24) is 4.72 Å². The van der Waals surface area contributed by atoms with Gasteiger partial charge in [0.05, 0.1) is 26.2 Å². The predicted molar refractivity (Wildman–Crippen MR) is 111 cm³/mol. The van der Waals surface area contributed by atoms with Crippen molar-refractivity contribution in [3.63, 3.8) is 0 Å². The van der Waals surface area contributed by atoms with Crippen LogP contribution in [0.4, 0.5) is 5.69 Å². The van der Waals surface area contributed by atoms with Crippen LogP contribution in [0.2, 0.25) is 0 Å². The number of ether oxygens (including phenoxy) is 3. The third-order valence-electron chi connectivity index (χ3n) is 4.13. The van der Waals surface area contributed by atoms with Crippen molar-refractivity contribution in [2.45, 2.75) is 11.8 Å². The van der Waals surface area contributed by atoms with E-state index in [-0.39, 0.29) is 4.90 Å². The second-order valence-electron chi connectivity index (χ2n) is 5.97. The first-order chi connectivity index (χ1) is 13.7. The highest BCUT2D eigenvalue weighted by molar-refractivity contribution is 7.89. The molecule has 2 N–H and O–H groups in total. The highest BCUT2D eigenvalue weighted by atomic mass is 32.2. The molecule has 156 valence electrons. The van der Waals surface area contributed by atoms with E-state index < -0.39 is 15.9 Å². The van der Waals surface area contributed by atoms with Gasteiger partial charge >= 0.3 is 0 Å². The van der Waals surface area contributed by atoms with Gasteiger partial charge < -0.3 is 19.5 Å². The van der Waals surface area contributed by atoms with Crippen molar-refractivity contribution in [3.8, 4) is 17.2 Å². The molecule has 0 aromatic heterocycles. The lowest BCUT2D eigenvalue weighted by Crippen LogP contribution is -2.20. The number of hydrogen-bond acceptors (Lipinski definition) is 6. The van der Waals surface area contributed by atoms with Crippen LogP contribution in [0.5, 0.6) is 17.2 Å². The van der Waals surface area contributed by atoms with E-state index in [9.17, 15) is 13.2 Å². The van der Waals surface area contributed by atoms with E-state index in [4.69, 9.17) is 14.2 Å². The molecule has 0 bridgehead atoms. The summed E-state index contributed by atoms with van der Waals surface area (Å²) in [4.78, 5) is 12.4. The topological polar surface area (TPSA) is 103 Å². The molecule has 0 radical (unpaired) electrons. The Morgan fingerprint density at radius 1 is 1.00 bits per heavy atom. The summed E-state index contributed by atoms with van der Waals surface area (Å²) in [5.41, 5.74) is 1.60. The number of amides is 1. The smallest absolute Gasteiger partial charge is 0.248 e.